The minimum atomic E-state index is -4.70. The standard InChI is InChI=1S/2C17H23.C2H7Si.2ClH.Zr/c2*1-6-13-7-15-9-14(11(2)3)10-16(12(4)5)17(15)8-13;1-3-2;;;/h2*7-12H,6H2,1-5H3;3H,1-2H3;2*1H;/q;;;;;+2/p-2. The summed E-state index contributed by atoms with van der Waals surface area (Å²) in [6.07, 6.45) is 7.05. The molecule has 0 heterocycles. The molecule has 4 rings (SSSR count). The second-order valence-electron chi connectivity index (χ2n) is 14.2. The molecule has 0 N–H and O–H groups in total. The molecule has 0 spiro atoms. The summed E-state index contributed by atoms with van der Waals surface area (Å²) < 4.78 is 0.368. The van der Waals surface area contributed by atoms with Crippen molar-refractivity contribution in [2.45, 2.75) is 126 Å². The quantitative estimate of drug-likeness (QED) is 0.232. The average molecular weight is 676 g/mol. The van der Waals surface area contributed by atoms with Gasteiger partial charge < -0.3 is 0 Å². The summed E-state index contributed by atoms with van der Waals surface area (Å²) in [6.45, 7) is 28.2. The molecule has 2 aromatic carbocycles. The third-order valence-corrected chi connectivity index (χ3v) is 62.0. The van der Waals surface area contributed by atoms with Gasteiger partial charge in [0.05, 0.1) is 0 Å². The first-order valence-corrected chi connectivity index (χ1v) is 32.2. The predicted octanol–water partition coefficient (Wildman–Crippen LogP) is 12.6. The molecule has 40 heavy (non-hydrogen) atoms. The fourth-order valence-corrected chi connectivity index (χ4v) is 39.3. The number of allylic oxidation sites excluding steroid dienone is 2. The average Bonchev–Trinajstić information content (AvgIpc) is 3.46. The van der Waals surface area contributed by atoms with Crippen LogP contribution in [0.4, 0.5) is 0 Å². The first-order valence-electron chi connectivity index (χ1n) is 15.9. The van der Waals surface area contributed by atoms with Crippen LogP contribution in [0, 0.1) is 0 Å². The number of halogens is 2. The molecule has 0 aromatic heterocycles. The van der Waals surface area contributed by atoms with E-state index in [2.05, 4.69) is 119 Å². The van der Waals surface area contributed by atoms with Gasteiger partial charge >= 0.3 is 257 Å². The number of fused-ring (bicyclic) bond motifs is 2. The van der Waals surface area contributed by atoms with Crippen molar-refractivity contribution in [1.29, 1.82) is 0 Å². The fraction of sp³-hybridized carbons (Fsp3) is 0.556. The minimum absolute atomic E-state index is 0.184. The van der Waals surface area contributed by atoms with Gasteiger partial charge in [0.15, 0.2) is 0 Å². The molecule has 0 saturated carbocycles. The molecule has 219 valence electrons. The molecule has 0 fully saturated rings. The summed E-state index contributed by atoms with van der Waals surface area (Å²) in [5.41, 5.74) is 14.5. The van der Waals surface area contributed by atoms with Gasteiger partial charge in [-0.25, -0.2) is 0 Å². The zero-order chi connectivity index (χ0) is 29.9. The summed E-state index contributed by atoms with van der Waals surface area (Å²) in [7, 11) is 17.3. The molecule has 0 saturated heterocycles. The zero-order valence-corrected chi connectivity index (χ0v) is 32.3. The molecule has 2 aromatic rings. The Morgan fingerprint density at radius 3 is 1.23 bits per heavy atom. The Bertz CT molecular complexity index is 1260. The van der Waals surface area contributed by atoms with Crippen molar-refractivity contribution in [3.05, 3.63) is 79.9 Å². The van der Waals surface area contributed by atoms with Crippen molar-refractivity contribution in [1.82, 2.24) is 0 Å². The third kappa shape index (κ3) is 5.08. The number of rotatable bonds is 9. The molecule has 2 aliphatic carbocycles. The maximum atomic E-state index is 8.63. The van der Waals surface area contributed by atoms with Crippen molar-refractivity contribution in [3.63, 3.8) is 0 Å². The Morgan fingerprint density at radius 1 is 0.625 bits per heavy atom. The Hall–Kier alpha value is -0.400. The van der Waals surface area contributed by atoms with E-state index in [0.29, 0.717) is 23.7 Å². The van der Waals surface area contributed by atoms with Crippen LogP contribution in [0.25, 0.3) is 12.2 Å². The van der Waals surface area contributed by atoms with Crippen LogP contribution in [-0.2, 0) is 15.6 Å². The first kappa shape index (κ1) is 32.5. The molecule has 0 bridgehead atoms. The molecular weight excluding hydrogens is 623 g/mol. The third-order valence-electron chi connectivity index (χ3n) is 10.2. The second-order valence-corrected chi connectivity index (χ2v) is 56.7. The van der Waals surface area contributed by atoms with Gasteiger partial charge in [0.2, 0.25) is 0 Å². The van der Waals surface area contributed by atoms with E-state index in [4.69, 9.17) is 17.0 Å². The van der Waals surface area contributed by atoms with Crippen LogP contribution < -0.4 is 0 Å². The Balaban J connectivity index is 2.11. The van der Waals surface area contributed by atoms with Crippen LogP contribution in [0.1, 0.15) is 158 Å². The van der Waals surface area contributed by atoms with Gasteiger partial charge in [-0.05, 0) is 0 Å². The first-order chi connectivity index (χ1) is 18.6. The molecule has 0 radical (unpaired) electrons. The van der Waals surface area contributed by atoms with E-state index in [0.717, 1.165) is 12.8 Å². The summed E-state index contributed by atoms with van der Waals surface area (Å²) in [5, 5.41) is 0. The molecular formula is C36H53Cl2SiZr. The molecule has 0 nitrogen and oxygen atoms in total. The van der Waals surface area contributed by atoms with E-state index in [1.54, 1.807) is 0 Å². The van der Waals surface area contributed by atoms with Gasteiger partial charge in [0, 0.05) is 0 Å². The molecule has 2 atom stereocenters. The van der Waals surface area contributed by atoms with Crippen molar-refractivity contribution in [2.24, 2.45) is 0 Å². The summed E-state index contributed by atoms with van der Waals surface area (Å²) in [6, 6.07) is 9.96. The van der Waals surface area contributed by atoms with Gasteiger partial charge in [-0.15, -0.1) is 0 Å². The molecule has 2 aliphatic rings. The number of hydrogen-bond donors (Lipinski definition) is 0. The second kappa shape index (κ2) is 11.6. The maximum absolute atomic E-state index is 8.63. The SMILES string of the molecule is CCC1=Cc2c(C(C)C)cc(C(C)C)cc2[CH]1[Zr]([Cl])([Cl])([CH]1C(CC)=Cc2c(C(C)C)cc(C(C)C)cc21)[SiH](C)C. The van der Waals surface area contributed by atoms with Crippen LogP contribution >= 0.6 is 17.0 Å². The number of hydrogen-bond acceptors (Lipinski definition) is 0. The van der Waals surface area contributed by atoms with Crippen LogP contribution in [0.3, 0.4) is 0 Å². The Kier molecular flexibility index (Phi) is 9.43. The predicted molar refractivity (Wildman–Crippen MR) is 182 cm³/mol. The Labute approximate surface area is 254 Å². The summed E-state index contributed by atoms with van der Waals surface area (Å²) >= 11 is -4.70. The van der Waals surface area contributed by atoms with E-state index >= 15 is 0 Å². The van der Waals surface area contributed by atoms with E-state index in [1.165, 1.54) is 55.7 Å². The fourth-order valence-electron chi connectivity index (χ4n) is 7.56. The van der Waals surface area contributed by atoms with Gasteiger partial charge in [-0.3, -0.25) is 0 Å². The number of benzene rings is 2. The van der Waals surface area contributed by atoms with Crippen molar-refractivity contribution in [3.8, 4) is 0 Å². The van der Waals surface area contributed by atoms with E-state index < -0.39 is 21.5 Å². The van der Waals surface area contributed by atoms with Gasteiger partial charge in [-0.2, -0.15) is 0 Å². The van der Waals surface area contributed by atoms with Crippen molar-refractivity contribution in [2.75, 3.05) is 0 Å². The summed E-state index contributed by atoms with van der Waals surface area (Å²) in [5.74, 6) is 0.316. The summed E-state index contributed by atoms with van der Waals surface area (Å²) in [4.78, 5) is 0. The van der Waals surface area contributed by atoms with E-state index in [9.17, 15) is 0 Å². The van der Waals surface area contributed by atoms with Crippen LogP contribution in [0.15, 0.2) is 35.4 Å². The topological polar surface area (TPSA) is 0 Å². The van der Waals surface area contributed by atoms with Gasteiger partial charge in [0.25, 0.3) is 0 Å². The zero-order valence-electron chi connectivity index (χ0n) is 27.2. The van der Waals surface area contributed by atoms with Crippen LogP contribution in [0.2, 0.25) is 13.1 Å². The van der Waals surface area contributed by atoms with E-state index in [-0.39, 0.29) is 7.25 Å². The molecule has 0 amide bonds. The Morgan fingerprint density at radius 2 is 0.975 bits per heavy atom. The van der Waals surface area contributed by atoms with Crippen LogP contribution in [0.5, 0.6) is 0 Å². The molecule has 2 unspecified atom stereocenters. The van der Waals surface area contributed by atoms with Crippen molar-refractivity contribution < 1.29 is 15.6 Å². The molecule has 0 aliphatic heterocycles. The monoisotopic (exact) mass is 673 g/mol. The van der Waals surface area contributed by atoms with Gasteiger partial charge in [0.1, 0.15) is 0 Å². The van der Waals surface area contributed by atoms with Crippen LogP contribution in [-0.4, -0.2) is 5.92 Å². The van der Waals surface area contributed by atoms with Crippen molar-refractivity contribution >= 4 is 35.1 Å². The van der Waals surface area contributed by atoms with E-state index in [1.807, 2.05) is 0 Å². The normalized spacial score (nSPS) is 19.9. The van der Waals surface area contributed by atoms with Gasteiger partial charge in [-0.1, -0.05) is 0 Å². The molecule has 4 heteroatoms.